The Labute approximate surface area is 343 Å². The number of para-hydroxylation sites is 1. The predicted octanol–water partition coefficient (Wildman–Crippen LogP) is 11.5. The summed E-state index contributed by atoms with van der Waals surface area (Å²) in [5.41, 5.74) is 12.8. The van der Waals surface area contributed by atoms with Crippen LogP contribution in [0, 0.1) is 29.6 Å². The van der Waals surface area contributed by atoms with Gasteiger partial charge in [-0.2, -0.15) is 0 Å². The van der Waals surface area contributed by atoms with E-state index in [0.717, 1.165) is 75.9 Å². The van der Waals surface area contributed by atoms with E-state index in [1.165, 1.54) is 56.6 Å². The molecule has 0 radical (unpaired) electrons. The molecule has 12 rings (SSSR count). The minimum atomic E-state index is -0.0518. The van der Waals surface area contributed by atoms with Crippen molar-refractivity contribution < 1.29 is 0 Å². The van der Waals surface area contributed by atoms with Crippen LogP contribution in [0.15, 0.2) is 171 Å². The summed E-state index contributed by atoms with van der Waals surface area (Å²) in [6.45, 7) is 0. The fourth-order valence-corrected chi connectivity index (χ4v) is 12.1. The predicted molar refractivity (Wildman–Crippen MR) is 239 cm³/mol. The number of rotatable bonds is 5. The monoisotopic (exact) mass is 759 g/mol. The second kappa shape index (κ2) is 14.1. The minimum Gasteiger partial charge on any atom is -0.347 e. The summed E-state index contributed by atoms with van der Waals surface area (Å²) in [6, 6.07) is 9.89. The Morgan fingerprint density at radius 1 is 0.776 bits per heavy atom. The Bertz CT molecular complexity index is 2530. The smallest absolute Gasteiger partial charge is 0.159 e. The molecule has 0 saturated carbocycles. The molecule has 8 atom stereocenters. The van der Waals surface area contributed by atoms with E-state index in [-0.39, 0.29) is 6.17 Å². The number of hydrogen-bond donors (Lipinski definition) is 1. The first kappa shape index (κ1) is 34.6. The van der Waals surface area contributed by atoms with Gasteiger partial charge in [-0.25, -0.2) is 9.98 Å². The van der Waals surface area contributed by atoms with Gasteiger partial charge in [0, 0.05) is 68.5 Å². The number of amidine groups is 2. The summed E-state index contributed by atoms with van der Waals surface area (Å²) in [5, 5.41) is 5.18. The van der Waals surface area contributed by atoms with E-state index in [1.54, 1.807) is 5.70 Å². The summed E-state index contributed by atoms with van der Waals surface area (Å²) < 4.78 is 2.73. The summed E-state index contributed by atoms with van der Waals surface area (Å²) >= 11 is 0. The van der Waals surface area contributed by atoms with Crippen molar-refractivity contribution in [2.24, 2.45) is 39.6 Å². The van der Waals surface area contributed by atoms with Gasteiger partial charge >= 0.3 is 0 Å². The molecule has 1 aromatic carbocycles. The lowest BCUT2D eigenvalue weighted by atomic mass is 9.72. The average molecular weight is 760 g/mol. The van der Waals surface area contributed by atoms with Gasteiger partial charge in [-0.1, -0.05) is 115 Å². The maximum absolute atomic E-state index is 5.45. The van der Waals surface area contributed by atoms with Gasteiger partial charge < -0.3 is 14.8 Å². The lowest BCUT2D eigenvalue weighted by Gasteiger charge is -2.40. The van der Waals surface area contributed by atoms with E-state index in [1.807, 2.05) is 0 Å². The highest BCUT2D eigenvalue weighted by Gasteiger charge is 2.50. The van der Waals surface area contributed by atoms with E-state index in [9.17, 15) is 0 Å². The average Bonchev–Trinajstić information content (AvgIpc) is 3.80. The van der Waals surface area contributed by atoms with Gasteiger partial charge in [-0.15, -0.1) is 0 Å². The zero-order chi connectivity index (χ0) is 38.2. The number of benzene rings is 1. The molecule has 58 heavy (non-hydrogen) atoms. The zero-order valence-electron chi connectivity index (χ0n) is 33.4. The van der Waals surface area contributed by atoms with Gasteiger partial charge in [0.2, 0.25) is 0 Å². The summed E-state index contributed by atoms with van der Waals surface area (Å²) in [4.78, 5) is 13.7. The normalized spacial score (nSPS) is 32.9. The number of likely N-dealkylation sites (tertiary alicyclic amines) is 1. The fraction of sp³-hybridized carbons (Fsp3) is 0.358. The number of nitrogens with zero attached hydrogens (tertiary/aromatic N) is 4. The number of fused-ring (bicyclic) bond motifs is 8. The third-order valence-electron chi connectivity index (χ3n) is 14.9. The van der Waals surface area contributed by atoms with Crippen molar-refractivity contribution >= 4 is 28.7 Å². The molecule has 8 aliphatic carbocycles. The van der Waals surface area contributed by atoms with Crippen molar-refractivity contribution in [2.75, 3.05) is 0 Å². The van der Waals surface area contributed by atoms with Gasteiger partial charge in [0.05, 0.1) is 6.04 Å². The van der Waals surface area contributed by atoms with Gasteiger partial charge in [-0.3, -0.25) is 0 Å². The number of nitrogens with one attached hydrogen (secondary N) is 1. The van der Waals surface area contributed by atoms with Crippen molar-refractivity contribution in [3.8, 4) is 0 Å². The first-order valence-electron chi connectivity index (χ1n) is 22.3. The number of aromatic nitrogens is 1. The standard InChI is InChI=1S/C53H53N5/c1-3-14-35(15-4-1)51-54-52(36-16-5-2-6-17-36)56-53(55-51)44-23-13-20-34-26-27-39(32-45(34)44)58-49-31-38-19-8-7-18-37(38)30-46(49)43-29-28-40(33-50(43)58)57-47-24-11-9-21-41(47)42-22-10-12-25-48(42)57/h1,3-5,7-11,13-14,16-17,19,21-24,28-29,31-32,34-35,37,40,43,46,50-51H,2,6,12,15,18,20,25-27,30,33H2,(H,54,55,56). The molecule has 10 aliphatic rings. The van der Waals surface area contributed by atoms with Gasteiger partial charge in [0.1, 0.15) is 12.0 Å². The fourth-order valence-electron chi connectivity index (χ4n) is 12.1. The topological polar surface area (TPSA) is 44.9 Å². The molecule has 1 N–H and O–H groups in total. The molecule has 290 valence electrons. The molecule has 8 unspecified atom stereocenters. The molecule has 0 bridgehead atoms. The zero-order valence-corrected chi connectivity index (χ0v) is 33.4. The van der Waals surface area contributed by atoms with Crippen molar-refractivity contribution in [1.82, 2.24) is 14.8 Å². The second-order valence-electron chi connectivity index (χ2n) is 18.1. The van der Waals surface area contributed by atoms with E-state index in [0.29, 0.717) is 41.7 Å². The van der Waals surface area contributed by atoms with E-state index in [4.69, 9.17) is 9.98 Å². The highest BCUT2D eigenvalue weighted by atomic mass is 15.2. The quantitative estimate of drug-likeness (QED) is 0.309. The van der Waals surface area contributed by atoms with Crippen LogP contribution >= 0.6 is 0 Å². The van der Waals surface area contributed by atoms with Crippen molar-refractivity contribution in [2.45, 2.75) is 88.9 Å². The molecule has 0 amide bonds. The molecule has 2 aliphatic heterocycles. The van der Waals surface area contributed by atoms with E-state index >= 15 is 0 Å². The van der Waals surface area contributed by atoms with Crippen LogP contribution < -0.4 is 5.32 Å². The van der Waals surface area contributed by atoms with Crippen LogP contribution in [0.2, 0.25) is 0 Å². The molecule has 5 nitrogen and oxygen atoms in total. The molecule has 2 aromatic rings. The third-order valence-corrected chi connectivity index (χ3v) is 14.9. The molecule has 0 spiro atoms. The maximum atomic E-state index is 5.45. The van der Waals surface area contributed by atoms with Gasteiger partial charge in [0.15, 0.2) is 5.84 Å². The first-order valence-corrected chi connectivity index (χ1v) is 22.3. The lowest BCUT2D eigenvalue weighted by molar-refractivity contribution is 0.254. The largest absolute Gasteiger partial charge is 0.347 e. The van der Waals surface area contributed by atoms with Crippen LogP contribution in [0.4, 0.5) is 0 Å². The molecule has 1 saturated heterocycles. The van der Waals surface area contributed by atoms with Crippen LogP contribution in [0.5, 0.6) is 0 Å². The Hall–Kier alpha value is -5.42. The number of aliphatic imine (C=N–C) groups is 2. The van der Waals surface area contributed by atoms with E-state index in [2.05, 4.69) is 148 Å². The molecule has 1 aromatic heterocycles. The summed E-state index contributed by atoms with van der Waals surface area (Å²) in [6.07, 6.45) is 55.1. The number of allylic oxidation sites excluding steroid dienone is 17. The molecule has 3 heterocycles. The van der Waals surface area contributed by atoms with Crippen LogP contribution in [0.1, 0.15) is 81.5 Å². The van der Waals surface area contributed by atoms with Crippen LogP contribution in [0.25, 0.3) is 17.0 Å². The van der Waals surface area contributed by atoms with E-state index < -0.39 is 0 Å². The van der Waals surface area contributed by atoms with Crippen molar-refractivity contribution in [3.05, 3.63) is 173 Å². The van der Waals surface area contributed by atoms with Gasteiger partial charge in [0.25, 0.3) is 0 Å². The molecule has 5 heteroatoms. The highest BCUT2D eigenvalue weighted by molar-refractivity contribution is 6.15. The Morgan fingerprint density at radius 2 is 1.71 bits per heavy atom. The highest BCUT2D eigenvalue weighted by Crippen LogP contribution is 2.55. The van der Waals surface area contributed by atoms with Gasteiger partial charge in [-0.05, 0) is 112 Å². The van der Waals surface area contributed by atoms with Crippen LogP contribution in [0.3, 0.4) is 0 Å². The molecular weight excluding hydrogens is 707 g/mol. The van der Waals surface area contributed by atoms with Crippen LogP contribution in [-0.2, 0) is 6.42 Å². The summed E-state index contributed by atoms with van der Waals surface area (Å²) in [5.74, 6) is 4.33. The maximum Gasteiger partial charge on any atom is 0.159 e. The lowest BCUT2D eigenvalue weighted by Crippen LogP contribution is -2.43. The Balaban J connectivity index is 0.971. The Kier molecular flexibility index (Phi) is 8.44. The van der Waals surface area contributed by atoms with Crippen molar-refractivity contribution in [1.29, 1.82) is 0 Å². The first-order chi connectivity index (χ1) is 28.7. The molecule has 1 fully saturated rings. The summed E-state index contributed by atoms with van der Waals surface area (Å²) in [7, 11) is 0. The van der Waals surface area contributed by atoms with Crippen molar-refractivity contribution in [3.63, 3.8) is 0 Å². The minimum absolute atomic E-state index is 0.0518. The second-order valence-corrected chi connectivity index (χ2v) is 18.1. The third kappa shape index (κ3) is 5.71. The SMILES string of the molecule is C1=CCC2CC3C(=CC2=C1)N(C1=CC2=C(C4=NC(C5C=CC=CC5)NC(C5=CCCC=C5)=N4)C=CCC2CC1)C1CC(n2c4c(c5ccccc52)C=CCC4)C=CC31. The molecular formula is C53H53N5. The van der Waals surface area contributed by atoms with Crippen LogP contribution in [-0.4, -0.2) is 33.3 Å². The Morgan fingerprint density at radius 3 is 2.64 bits per heavy atom. The number of hydrogen-bond acceptors (Lipinski definition) is 4.